The zero-order chi connectivity index (χ0) is 13.2. The predicted molar refractivity (Wildman–Crippen MR) is 84.6 cm³/mol. The molecule has 1 aromatic rings. The highest BCUT2D eigenvalue weighted by Crippen LogP contribution is 2.41. The first-order valence-corrected chi connectivity index (χ1v) is 10.5. The molecule has 0 saturated carbocycles. The molecule has 0 fully saturated rings. The molecule has 0 spiro atoms. The lowest BCUT2D eigenvalue weighted by atomic mass is 9.93. The summed E-state index contributed by atoms with van der Waals surface area (Å²) in [6, 6.07) is 11.1. The lowest BCUT2D eigenvalue weighted by molar-refractivity contribution is 0.660. The fraction of sp³-hybridized carbons (Fsp3) is 0.500. The average Bonchev–Trinajstić information content (AvgIpc) is 2.39. The van der Waals surface area contributed by atoms with E-state index in [0.29, 0.717) is 0 Å². The lowest BCUT2D eigenvalue weighted by Crippen LogP contribution is -2.47. The molecule has 98 valence electrons. The average molecular weight is 279 g/mol. The molecule has 0 aliphatic heterocycles. The Hall–Kier alpha value is -0.533. The number of hydrogen-bond donors (Lipinski definition) is 0. The minimum atomic E-state index is -1.45. The molecule has 18 heavy (non-hydrogen) atoms. The summed E-state index contributed by atoms with van der Waals surface area (Å²) in [5, 5.41) is 1.56. The van der Waals surface area contributed by atoms with Crippen molar-refractivity contribution in [1.29, 1.82) is 0 Å². The van der Waals surface area contributed by atoms with Gasteiger partial charge in [-0.25, -0.2) is 0 Å². The molecule has 0 radical (unpaired) electrons. The maximum absolute atomic E-state index is 6.23. The molecule has 0 aromatic heterocycles. The molecule has 0 amide bonds. The molecule has 2 heteroatoms. The van der Waals surface area contributed by atoms with Crippen LogP contribution in [-0.4, -0.2) is 14.0 Å². The van der Waals surface area contributed by atoms with E-state index in [9.17, 15) is 0 Å². The van der Waals surface area contributed by atoms with Crippen LogP contribution in [0.3, 0.4) is 0 Å². The molecule has 0 nitrogen and oxygen atoms in total. The molecule has 0 bridgehead atoms. The smallest absolute Gasteiger partial charge is 0.0877 e. The molecule has 1 aliphatic rings. The van der Waals surface area contributed by atoms with Gasteiger partial charge in [0.2, 0.25) is 0 Å². The minimum absolute atomic E-state index is 0.722. The van der Waals surface area contributed by atoms with Crippen molar-refractivity contribution >= 4 is 24.9 Å². The number of rotatable bonds is 3. The van der Waals surface area contributed by atoms with Crippen LogP contribution in [0.2, 0.25) is 18.6 Å². The van der Waals surface area contributed by atoms with Gasteiger partial charge in [0.05, 0.1) is 8.07 Å². The second kappa shape index (κ2) is 5.62. The maximum Gasteiger partial charge on any atom is 0.0877 e. The number of hydrogen-bond acceptors (Lipinski definition) is 0. The topological polar surface area (TPSA) is 0 Å². The monoisotopic (exact) mass is 278 g/mol. The van der Waals surface area contributed by atoms with Crippen molar-refractivity contribution in [3.63, 3.8) is 0 Å². The van der Waals surface area contributed by atoms with Crippen molar-refractivity contribution in [3.05, 3.63) is 41.5 Å². The molecule has 1 unspecified atom stereocenters. The van der Waals surface area contributed by atoms with Crippen LogP contribution in [-0.2, 0) is 0 Å². The quantitative estimate of drug-likeness (QED) is 0.427. The SMILES string of the molecule is CC1=C(CCl)C([Si](C)(C)c2ccccc2)CCC1. The fourth-order valence-corrected chi connectivity index (χ4v) is 7.42. The lowest BCUT2D eigenvalue weighted by Gasteiger charge is -2.38. The van der Waals surface area contributed by atoms with Crippen molar-refractivity contribution in [3.8, 4) is 0 Å². The Bertz CT molecular complexity index is 434. The van der Waals surface area contributed by atoms with Crippen LogP contribution in [0.1, 0.15) is 26.2 Å². The Morgan fingerprint density at radius 2 is 1.89 bits per heavy atom. The maximum atomic E-state index is 6.23. The van der Waals surface area contributed by atoms with Crippen LogP contribution >= 0.6 is 11.6 Å². The molecule has 1 aliphatic carbocycles. The third kappa shape index (κ3) is 2.57. The van der Waals surface area contributed by atoms with Gasteiger partial charge in [-0.3, -0.25) is 0 Å². The highest BCUT2D eigenvalue weighted by Gasteiger charge is 2.37. The number of halogens is 1. The third-order valence-electron chi connectivity index (χ3n) is 4.55. The first-order valence-electron chi connectivity index (χ1n) is 6.87. The van der Waals surface area contributed by atoms with Gasteiger partial charge in [0.25, 0.3) is 0 Å². The van der Waals surface area contributed by atoms with E-state index in [1.165, 1.54) is 19.3 Å². The molecule has 2 rings (SSSR count). The standard InChI is InChI=1S/C16H23ClSi/c1-13-8-7-11-16(15(13)12-17)18(2,3)14-9-5-4-6-10-14/h4-6,9-10,16H,7-8,11-12H2,1-3H3. The Morgan fingerprint density at radius 3 is 2.50 bits per heavy atom. The molecular formula is C16H23ClSi. The first kappa shape index (κ1) is 13.9. The molecule has 0 heterocycles. The van der Waals surface area contributed by atoms with Gasteiger partial charge in [0.15, 0.2) is 0 Å². The van der Waals surface area contributed by atoms with Crippen LogP contribution in [0.5, 0.6) is 0 Å². The van der Waals surface area contributed by atoms with Gasteiger partial charge in [-0.15, -0.1) is 11.6 Å². The van der Waals surface area contributed by atoms with Crippen LogP contribution in [0, 0.1) is 0 Å². The van der Waals surface area contributed by atoms with E-state index in [0.717, 1.165) is 11.4 Å². The van der Waals surface area contributed by atoms with Crippen LogP contribution in [0.15, 0.2) is 41.5 Å². The molecule has 0 saturated heterocycles. The van der Waals surface area contributed by atoms with Gasteiger partial charge >= 0.3 is 0 Å². The fourth-order valence-electron chi connectivity index (χ4n) is 3.28. The summed E-state index contributed by atoms with van der Waals surface area (Å²) < 4.78 is 0. The van der Waals surface area contributed by atoms with Crippen LogP contribution in [0.4, 0.5) is 0 Å². The Kier molecular flexibility index (Phi) is 4.34. The van der Waals surface area contributed by atoms with Crippen molar-refractivity contribution in [1.82, 2.24) is 0 Å². The summed E-state index contributed by atoms with van der Waals surface area (Å²) in [7, 11) is -1.45. The molecule has 1 aromatic carbocycles. The normalized spacial score (nSPS) is 21.2. The Labute approximate surface area is 117 Å². The molecule has 1 atom stereocenters. The minimum Gasteiger partial charge on any atom is -0.122 e. The van der Waals surface area contributed by atoms with Crippen molar-refractivity contribution in [2.75, 3.05) is 5.88 Å². The summed E-state index contributed by atoms with van der Waals surface area (Å²) >= 11 is 6.23. The second-order valence-corrected chi connectivity index (χ2v) is 11.0. The van der Waals surface area contributed by atoms with E-state index >= 15 is 0 Å². The van der Waals surface area contributed by atoms with E-state index < -0.39 is 8.07 Å². The number of allylic oxidation sites excluding steroid dienone is 2. The highest BCUT2D eigenvalue weighted by molar-refractivity contribution is 6.91. The van der Waals surface area contributed by atoms with Gasteiger partial charge in [0.1, 0.15) is 0 Å². The van der Waals surface area contributed by atoms with Gasteiger partial charge in [0, 0.05) is 5.88 Å². The zero-order valence-electron chi connectivity index (χ0n) is 11.7. The molecule has 0 N–H and O–H groups in total. The predicted octanol–water partition coefficient (Wildman–Crippen LogP) is 4.71. The van der Waals surface area contributed by atoms with E-state index in [1.807, 2.05) is 0 Å². The van der Waals surface area contributed by atoms with E-state index in [4.69, 9.17) is 11.6 Å². The van der Waals surface area contributed by atoms with Gasteiger partial charge in [-0.2, -0.15) is 0 Å². The summed E-state index contributed by atoms with van der Waals surface area (Å²) in [5.74, 6) is 0.722. The van der Waals surface area contributed by atoms with Gasteiger partial charge in [-0.05, 0) is 31.7 Å². The summed E-state index contributed by atoms with van der Waals surface area (Å²) in [4.78, 5) is 0. The summed E-state index contributed by atoms with van der Waals surface area (Å²) in [5.41, 5.74) is 3.83. The summed E-state index contributed by atoms with van der Waals surface area (Å²) in [6.45, 7) is 7.27. The van der Waals surface area contributed by atoms with Crippen molar-refractivity contribution in [2.24, 2.45) is 0 Å². The second-order valence-electron chi connectivity index (χ2n) is 5.97. The van der Waals surface area contributed by atoms with E-state index in [2.05, 4.69) is 50.3 Å². The number of benzene rings is 1. The van der Waals surface area contributed by atoms with Crippen LogP contribution in [0.25, 0.3) is 0 Å². The summed E-state index contributed by atoms with van der Waals surface area (Å²) in [6.07, 6.45) is 3.91. The largest absolute Gasteiger partial charge is 0.122 e. The number of alkyl halides is 1. The van der Waals surface area contributed by atoms with Crippen LogP contribution < -0.4 is 5.19 Å². The van der Waals surface area contributed by atoms with Crippen molar-refractivity contribution in [2.45, 2.75) is 44.8 Å². The highest BCUT2D eigenvalue weighted by atomic mass is 35.5. The Balaban J connectivity index is 2.38. The zero-order valence-corrected chi connectivity index (χ0v) is 13.4. The first-order chi connectivity index (χ1) is 8.57. The molecular weight excluding hydrogens is 256 g/mol. The van der Waals surface area contributed by atoms with E-state index in [-0.39, 0.29) is 0 Å². The van der Waals surface area contributed by atoms with Gasteiger partial charge < -0.3 is 0 Å². The van der Waals surface area contributed by atoms with E-state index in [1.54, 1.807) is 16.3 Å². The van der Waals surface area contributed by atoms with Crippen molar-refractivity contribution < 1.29 is 0 Å². The Morgan fingerprint density at radius 1 is 1.22 bits per heavy atom. The van der Waals surface area contributed by atoms with Gasteiger partial charge in [-0.1, -0.05) is 59.8 Å². The third-order valence-corrected chi connectivity index (χ3v) is 9.04.